The van der Waals surface area contributed by atoms with Crippen LogP contribution in [-0.4, -0.2) is 48.7 Å². The standard InChI is InChI=1S/C15H18ClN3O2.ClH/c1-2-21-15(20)19-9-7-18(8-10-19)14(11-17)12-3-5-13(16)6-4-12;/h3-6,14H,2,7-10H2,1H3;1H. The molecule has 7 heteroatoms. The van der Waals surface area contributed by atoms with E-state index in [1.165, 1.54) is 0 Å². The Kier molecular flexibility index (Phi) is 7.46. The normalized spacial score (nSPS) is 16.3. The number of nitriles is 1. The highest BCUT2D eigenvalue weighted by atomic mass is 35.5. The van der Waals surface area contributed by atoms with Gasteiger partial charge in [0.05, 0.1) is 12.7 Å². The van der Waals surface area contributed by atoms with Crippen LogP contribution < -0.4 is 0 Å². The molecule has 0 radical (unpaired) electrons. The molecule has 5 nitrogen and oxygen atoms in total. The Hall–Kier alpha value is -1.48. The minimum Gasteiger partial charge on any atom is -0.450 e. The Labute approximate surface area is 141 Å². The summed E-state index contributed by atoms with van der Waals surface area (Å²) in [5, 5.41) is 10.1. The molecule has 0 N–H and O–H groups in total. The second-order valence-electron chi connectivity index (χ2n) is 4.81. The molecule has 1 amide bonds. The SMILES string of the molecule is CCOC(=O)N1CCN(C(C#N)c2ccc(Cl)cc2)CC1.Cl. The predicted molar refractivity (Wildman–Crippen MR) is 87.2 cm³/mol. The monoisotopic (exact) mass is 343 g/mol. The third-order valence-corrected chi connectivity index (χ3v) is 3.77. The fraction of sp³-hybridized carbons (Fsp3) is 0.467. The van der Waals surface area contributed by atoms with E-state index in [4.69, 9.17) is 16.3 Å². The van der Waals surface area contributed by atoms with Gasteiger partial charge in [0.2, 0.25) is 0 Å². The summed E-state index contributed by atoms with van der Waals surface area (Å²) in [5.74, 6) is 0. The number of hydrogen-bond donors (Lipinski definition) is 0. The predicted octanol–water partition coefficient (Wildman–Crippen LogP) is 3.10. The Morgan fingerprint density at radius 1 is 1.32 bits per heavy atom. The lowest BCUT2D eigenvalue weighted by molar-refractivity contribution is 0.0733. The van der Waals surface area contributed by atoms with Crippen molar-refractivity contribution in [3.8, 4) is 6.07 Å². The summed E-state index contributed by atoms with van der Waals surface area (Å²) >= 11 is 5.87. The van der Waals surface area contributed by atoms with Crippen LogP contribution in [0.2, 0.25) is 5.02 Å². The summed E-state index contributed by atoms with van der Waals surface area (Å²) in [5.41, 5.74) is 0.923. The van der Waals surface area contributed by atoms with Crippen molar-refractivity contribution in [1.29, 1.82) is 5.26 Å². The summed E-state index contributed by atoms with van der Waals surface area (Å²) < 4.78 is 4.99. The van der Waals surface area contributed by atoms with Crippen LogP contribution in [0.1, 0.15) is 18.5 Å². The largest absolute Gasteiger partial charge is 0.450 e. The molecule has 1 heterocycles. The van der Waals surface area contributed by atoms with E-state index in [1.54, 1.807) is 24.0 Å². The van der Waals surface area contributed by atoms with Gasteiger partial charge in [-0.3, -0.25) is 4.90 Å². The Morgan fingerprint density at radius 3 is 2.41 bits per heavy atom. The van der Waals surface area contributed by atoms with Gasteiger partial charge in [0, 0.05) is 31.2 Å². The zero-order valence-electron chi connectivity index (χ0n) is 12.4. The van der Waals surface area contributed by atoms with E-state index in [0.29, 0.717) is 37.8 Å². The van der Waals surface area contributed by atoms with E-state index in [-0.39, 0.29) is 24.5 Å². The minimum atomic E-state index is -0.313. The van der Waals surface area contributed by atoms with Crippen molar-refractivity contribution in [2.24, 2.45) is 0 Å². The van der Waals surface area contributed by atoms with Crippen LogP contribution in [0, 0.1) is 11.3 Å². The third kappa shape index (κ3) is 4.51. The van der Waals surface area contributed by atoms with Gasteiger partial charge in [0.1, 0.15) is 6.04 Å². The molecule has 0 aliphatic carbocycles. The number of rotatable bonds is 3. The van der Waals surface area contributed by atoms with Crippen LogP contribution in [0.3, 0.4) is 0 Å². The maximum absolute atomic E-state index is 11.7. The van der Waals surface area contributed by atoms with Crippen LogP contribution in [0.4, 0.5) is 4.79 Å². The first-order valence-electron chi connectivity index (χ1n) is 6.96. The number of carbonyl (C=O) groups excluding carboxylic acids is 1. The van der Waals surface area contributed by atoms with E-state index < -0.39 is 0 Å². The molecule has 0 bridgehead atoms. The van der Waals surface area contributed by atoms with Crippen LogP contribution in [0.15, 0.2) is 24.3 Å². The average molecular weight is 344 g/mol. The highest BCUT2D eigenvalue weighted by Crippen LogP contribution is 2.23. The van der Waals surface area contributed by atoms with Gasteiger partial charge >= 0.3 is 6.09 Å². The van der Waals surface area contributed by atoms with Gasteiger partial charge in [0.15, 0.2) is 0 Å². The van der Waals surface area contributed by atoms with Crippen molar-refractivity contribution in [1.82, 2.24) is 9.80 Å². The summed E-state index contributed by atoms with van der Waals surface area (Å²) in [6, 6.07) is 9.33. The molecule has 0 aromatic heterocycles. The van der Waals surface area contributed by atoms with Gasteiger partial charge in [-0.15, -0.1) is 12.4 Å². The molecule has 22 heavy (non-hydrogen) atoms. The van der Waals surface area contributed by atoms with E-state index in [2.05, 4.69) is 11.0 Å². The second kappa shape index (κ2) is 8.84. The van der Waals surface area contributed by atoms with Crippen LogP contribution >= 0.6 is 24.0 Å². The molecule has 0 spiro atoms. The second-order valence-corrected chi connectivity index (χ2v) is 5.24. The first-order valence-corrected chi connectivity index (χ1v) is 7.34. The summed E-state index contributed by atoms with van der Waals surface area (Å²) in [6.07, 6.45) is -0.280. The van der Waals surface area contributed by atoms with Gasteiger partial charge in [-0.25, -0.2) is 4.79 Å². The molecule has 120 valence electrons. The fourth-order valence-corrected chi connectivity index (χ4v) is 2.52. The lowest BCUT2D eigenvalue weighted by atomic mass is 10.1. The van der Waals surface area contributed by atoms with Gasteiger partial charge < -0.3 is 9.64 Å². The Balaban J connectivity index is 0.00000242. The van der Waals surface area contributed by atoms with Crippen molar-refractivity contribution < 1.29 is 9.53 Å². The average Bonchev–Trinajstić information content (AvgIpc) is 2.51. The van der Waals surface area contributed by atoms with Crippen molar-refractivity contribution in [2.75, 3.05) is 32.8 Å². The van der Waals surface area contributed by atoms with Crippen molar-refractivity contribution >= 4 is 30.1 Å². The maximum atomic E-state index is 11.7. The molecule has 2 rings (SSSR count). The first kappa shape index (κ1) is 18.6. The van der Waals surface area contributed by atoms with Gasteiger partial charge in [0.25, 0.3) is 0 Å². The lowest BCUT2D eigenvalue weighted by Gasteiger charge is -2.36. The molecular formula is C15H19Cl2N3O2. The zero-order valence-corrected chi connectivity index (χ0v) is 13.9. The van der Waals surface area contributed by atoms with Crippen molar-refractivity contribution in [3.05, 3.63) is 34.9 Å². The number of carbonyl (C=O) groups is 1. The van der Waals surface area contributed by atoms with Crippen LogP contribution in [0.25, 0.3) is 0 Å². The van der Waals surface area contributed by atoms with Gasteiger partial charge in [-0.1, -0.05) is 23.7 Å². The molecule has 1 aliphatic rings. The van der Waals surface area contributed by atoms with Gasteiger partial charge in [-0.2, -0.15) is 5.26 Å². The van der Waals surface area contributed by atoms with E-state index in [9.17, 15) is 10.1 Å². The van der Waals surface area contributed by atoms with Gasteiger partial charge in [-0.05, 0) is 24.6 Å². The number of ether oxygens (including phenoxy) is 1. The quantitative estimate of drug-likeness (QED) is 0.846. The summed E-state index contributed by atoms with van der Waals surface area (Å²) in [6.45, 7) is 4.62. The molecule has 1 aromatic carbocycles. The maximum Gasteiger partial charge on any atom is 0.409 e. The van der Waals surface area contributed by atoms with Crippen LogP contribution in [0.5, 0.6) is 0 Å². The molecular weight excluding hydrogens is 325 g/mol. The van der Waals surface area contributed by atoms with Crippen molar-refractivity contribution in [2.45, 2.75) is 13.0 Å². The number of benzene rings is 1. The number of hydrogen-bond acceptors (Lipinski definition) is 4. The minimum absolute atomic E-state index is 0. The molecule has 1 aromatic rings. The molecule has 1 unspecified atom stereocenters. The highest BCUT2D eigenvalue weighted by Gasteiger charge is 2.27. The Morgan fingerprint density at radius 2 is 1.91 bits per heavy atom. The molecule has 1 aliphatic heterocycles. The number of halogens is 2. The smallest absolute Gasteiger partial charge is 0.409 e. The molecule has 0 saturated carbocycles. The Bertz CT molecular complexity index is 523. The van der Waals surface area contributed by atoms with Crippen molar-refractivity contribution in [3.63, 3.8) is 0 Å². The topological polar surface area (TPSA) is 56.6 Å². The van der Waals surface area contributed by atoms with E-state index in [0.717, 1.165) is 5.56 Å². The number of nitrogens with zero attached hydrogens (tertiary/aromatic N) is 3. The summed E-state index contributed by atoms with van der Waals surface area (Å²) in [4.78, 5) is 15.4. The molecule has 1 atom stereocenters. The number of amides is 1. The molecule has 1 fully saturated rings. The lowest BCUT2D eigenvalue weighted by Crippen LogP contribution is -2.49. The fourth-order valence-electron chi connectivity index (χ4n) is 2.39. The zero-order chi connectivity index (χ0) is 15.2. The summed E-state index contributed by atoms with van der Waals surface area (Å²) in [7, 11) is 0. The third-order valence-electron chi connectivity index (χ3n) is 3.51. The van der Waals surface area contributed by atoms with Crippen LogP contribution in [-0.2, 0) is 4.74 Å². The van der Waals surface area contributed by atoms with E-state index in [1.807, 2.05) is 12.1 Å². The number of piperazine rings is 1. The van der Waals surface area contributed by atoms with E-state index >= 15 is 0 Å². The highest BCUT2D eigenvalue weighted by molar-refractivity contribution is 6.30. The molecule has 1 saturated heterocycles. The first-order chi connectivity index (χ1) is 10.2.